The maximum atomic E-state index is 2.53. The van der Waals surface area contributed by atoms with Gasteiger partial charge in [0.1, 0.15) is 0 Å². The van der Waals surface area contributed by atoms with Crippen LogP contribution < -0.4 is 9.80 Å². The number of hydrogen-bond donors (Lipinski definition) is 0. The number of nitrogens with zero attached hydrogens (tertiary/aromatic N) is 2. The van der Waals surface area contributed by atoms with Crippen molar-refractivity contribution >= 4 is 39.6 Å². The molecule has 1 fully saturated rings. The molecule has 4 aromatic carbocycles. The van der Waals surface area contributed by atoms with Crippen LogP contribution in [0.5, 0.6) is 0 Å². The monoisotopic (exact) mass is 638 g/mol. The molecule has 0 heterocycles. The van der Waals surface area contributed by atoms with Gasteiger partial charge in [0.2, 0.25) is 0 Å². The van der Waals surface area contributed by atoms with Crippen molar-refractivity contribution in [2.45, 2.75) is 71.1 Å². The standard InChI is InChI=1S/C47H46N2/c1-34-14-12-13-21-44(34)46-32-35(2)47(33-45(46)38-22-23-38)49(40-19-10-5-11-20-40)43-30-28-42(29-31-43)48(39-17-8-4-9-18-39)41-26-24-37(25-27-41)36-15-6-3-7-16-36/h4-6,8-10,13,15-19,21,24-33,38H,3,7,11-12,14,20,22-23H2,1-2H3. The second kappa shape index (κ2) is 13.8. The van der Waals surface area contributed by atoms with Crippen LogP contribution in [0, 0.1) is 6.92 Å². The summed E-state index contributed by atoms with van der Waals surface area (Å²) in [6.45, 7) is 4.63. The van der Waals surface area contributed by atoms with E-state index in [1.165, 1.54) is 68.9 Å². The molecule has 8 rings (SSSR count). The van der Waals surface area contributed by atoms with E-state index in [0.717, 1.165) is 55.6 Å². The van der Waals surface area contributed by atoms with Crippen molar-refractivity contribution in [1.29, 1.82) is 0 Å². The van der Waals surface area contributed by atoms with Crippen LogP contribution in [0.2, 0.25) is 0 Å². The van der Waals surface area contributed by atoms with Gasteiger partial charge in [-0.25, -0.2) is 0 Å². The van der Waals surface area contributed by atoms with Crippen LogP contribution in [-0.2, 0) is 0 Å². The summed E-state index contributed by atoms with van der Waals surface area (Å²) in [6, 6.07) is 34.0. The van der Waals surface area contributed by atoms with Crippen LogP contribution in [0.15, 0.2) is 151 Å². The Hall–Kier alpha value is -5.08. The molecule has 0 atom stereocenters. The smallest absolute Gasteiger partial charge is 0.0490 e. The topological polar surface area (TPSA) is 6.48 Å². The largest absolute Gasteiger partial charge is 0.314 e. The second-order valence-electron chi connectivity index (χ2n) is 14.0. The SMILES string of the molecule is CC1=C(c2cc(C)c(N(C3=CC=CCC3)c3ccc(N(c4ccccc4)c4ccc(C5=CCCC=C5)cc4)cc3)cc2C2CC2)C=CCC1. The van der Waals surface area contributed by atoms with Crippen LogP contribution in [0.3, 0.4) is 0 Å². The Bertz CT molecular complexity index is 2010. The highest BCUT2D eigenvalue weighted by molar-refractivity contribution is 5.85. The highest BCUT2D eigenvalue weighted by atomic mass is 15.2. The van der Waals surface area contributed by atoms with Crippen molar-refractivity contribution in [2.75, 3.05) is 9.80 Å². The maximum absolute atomic E-state index is 2.53. The summed E-state index contributed by atoms with van der Waals surface area (Å²) in [5, 5.41) is 0. The van der Waals surface area contributed by atoms with Gasteiger partial charge in [-0.15, -0.1) is 0 Å². The predicted molar refractivity (Wildman–Crippen MR) is 210 cm³/mol. The zero-order chi connectivity index (χ0) is 33.2. The molecule has 1 saturated carbocycles. The molecular weight excluding hydrogens is 593 g/mol. The van der Waals surface area contributed by atoms with Crippen LogP contribution in [-0.4, -0.2) is 0 Å². The number of rotatable bonds is 9. The third-order valence-electron chi connectivity index (χ3n) is 10.5. The van der Waals surface area contributed by atoms with Crippen LogP contribution in [0.1, 0.15) is 86.5 Å². The van der Waals surface area contributed by atoms with Gasteiger partial charge < -0.3 is 9.80 Å². The fourth-order valence-electron chi connectivity index (χ4n) is 7.66. The predicted octanol–water partition coefficient (Wildman–Crippen LogP) is 13.6. The fourth-order valence-corrected chi connectivity index (χ4v) is 7.66. The molecule has 0 unspecified atom stereocenters. The molecule has 0 saturated heterocycles. The lowest BCUT2D eigenvalue weighted by molar-refractivity contribution is 0.913. The Morgan fingerprint density at radius 2 is 1.29 bits per heavy atom. The summed E-state index contributed by atoms with van der Waals surface area (Å²) in [4.78, 5) is 4.90. The summed E-state index contributed by atoms with van der Waals surface area (Å²) in [7, 11) is 0. The molecular formula is C47H46N2. The number of aryl methyl sites for hydroxylation is 1. The van der Waals surface area contributed by atoms with Crippen molar-refractivity contribution in [3.8, 4) is 0 Å². The Morgan fingerprint density at radius 3 is 1.94 bits per heavy atom. The van der Waals surface area contributed by atoms with E-state index in [4.69, 9.17) is 0 Å². The number of allylic oxidation sites excluding steroid dienone is 12. The first-order chi connectivity index (χ1) is 24.1. The molecule has 49 heavy (non-hydrogen) atoms. The van der Waals surface area contributed by atoms with Crippen LogP contribution in [0.4, 0.5) is 28.4 Å². The van der Waals surface area contributed by atoms with Gasteiger partial charge in [0.15, 0.2) is 0 Å². The van der Waals surface area contributed by atoms with Crippen molar-refractivity contribution in [3.05, 3.63) is 173 Å². The van der Waals surface area contributed by atoms with E-state index in [0.29, 0.717) is 5.92 Å². The molecule has 0 bridgehead atoms. The minimum absolute atomic E-state index is 0.658. The summed E-state index contributed by atoms with van der Waals surface area (Å²) < 4.78 is 0. The lowest BCUT2D eigenvalue weighted by Gasteiger charge is -2.32. The average Bonchev–Trinajstić information content (AvgIpc) is 4.01. The lowest BCUT2D eigenvalue weighted by Crippen LogP contribution is -2.19. The lowest BCUT2D eigenvalue weighted by atomic mass is 9.87. The van der Waals surface area contributed by atoms with E-state index in [-0.39, 0.29) is 0 Å². The number of hydrogen-bond acceptors (Lipinski definition) is 2. The van der Waals surface area contributed by atoms with Crippen molar-refractivity contribution in [2.24, 2.45) is 0 Å². The van der Waals surface area contributed by atoms with Gasteiger partial charge in [-0.05, 0) is 171 Å². The quantitative estimate of drug-likeness (QED) is 0.180. The Kier molecular flexibility index (Phi) is 8.79. The molecule has 244 valence electrons. The van der Waals surface area contributed by atoms with Crippen molar-refractivity contribution < 1.29 is 0 Å². The van der Waals surface area contributed by atoms with Gasteiger partial charge in [0.05, 0.1) is 0 Å². The zero-order valence-corrected chi connectivity index (χ0v) is 28.9. The average molecular weight is 639 g/mol. The Balaban J connectivity index is 1.19. The molecule has 0 N–H and O–H groups in total. The maximum Gasteiger partial charge on any atom is 0.0490 e. The van der Waals surface area contributed by atoms with Gasteiger partial charge in [-0.1, -0.05) is 78.4 Å². The van der Waals surface area contributed by atoms with Gasteiger partial charge in [0.25, 0.3) is 0 Å². The highest BCUT2D eigenvalue weighted by Gasteiger charge is 2.30. The molecule has 0 radical (unpaired) electrons. The molecule has 4 aliphatic carbocycles. The van der Waals surface area contributed by atoms with E-state index in [2.05, 4.69) is 163 Å². The first-order valence-corrected chi connectivity index (χ1v) is 18.2. The third-order valence-corrected chi connectivity index (χ3v) is 10.5. The van der Waals surface area contributed by atoms with Gasteiger partial charge >= 0.3 is 0 Å². The number of benzene rings is 4. The fraction of sp³-hybridized carbons (Fsp3) is 0.234. The van der Waals surface area contributed by atoms with Gasteiger partial charge in [-0.3, -0.25) is 0 Å². The number of para-hydroxylation sites is 1. The van der Waals surface area contributed by atoms with Gasteiger partial charge in [-0.2, -0.15) is 0 Å². The van der Waals surface area contributed by atoms with Gasteiger partial charge in [0, 0.05) is 34.1 Å². The molecule has 0 amide bonds. The molecule has 0 spiro atoms. The highest BCUT2D eigenvalue weighted by Crippen LogP contribution is 2.48. The number of anilines is 5. The third kappa shape index (κ3) is 6.53. The normalized spacial score (nSPS) is 17.2. The van der Waals surface area contributed by atoms with Crippen molar-refractivity contribution in [1.82, 2.24) is 0 Å². The minimum atomic E-state index is 0.658. The van der Waals surface area contributed by atoms with E-state index >= 15 is 0 Å². The molecule has 4 aliphatic rings. The molecule has 0 aliphatic heterocycles. The molecule has 2 nitrogen and oxygen atoms in total. The van der Waals surface area contributed by atoms with Crippen LogP contribution >= 0.6 is 0 Å². The summed E-state index contributed by atoms with van der Waals surface area (Å²) in [5.74, 6) is 0.658. The first kappa shape index (κ1) is 31.2. The zero-order valence-electron chi connectivity index (χ0n) is 28.9. The summed E-state index contributed by atoms with van der Waals surface area (Å²) in [6.07, 6.45) is 27.7. The van der Waals surface area contributed by atoms with Crippen LogP contribution in [0.25, 0.3) is 11.1 Å². The molecule has 2 heteroatoms. The van der Waals surface area contributed by atoms with E-state index in [1.807, 2.05) is 0 Å². The second-order valence-corrected chi connectivity index (χ2v) is 14.0. The molecule has 0 aromatic heterocycles. The van der Waals surface area contributed by atoms with E-state index in [9.17, 15) is 0 Å². The van der Waals surface area contributed by atoms with Crippen molar-refractivity contribution in [3.63, 3.8) is 0 Å². The first-order valence-electron chi connectivity index (χ1n) is 18.2. The molecule has 4 aromatic rings. The summed E-state index contributed by atoms with van der Waals surface area (Å²) >= 11 is 0. The minimum Gasteiger partial charge on any atom is -0.314 e. The Morgan fingerprint density at radius 1 is 0.612 bits per heavy atom. The van der Waals surface area contributed by atoms with E-state index in [1.54, 1.807) is 0 Å². The van der Waals surface area contributed by atoms with E-state index < -0.39 is 0 Å². The summed E-state index contributed by atoms with van der Waals surface area (Å²) in [5.41, 5.74) is 17.2. The Labute approximate surface area is 292 Å².